The van der Waals surface area contributed by atoms with Crippen molar-refractivity contribution in [3.63, 3.8) is 0 Å². The predicted molar refractivity (Wildman–Crippen MR) is 229 cm³/mol. The molecule has 1 saturated heterocycles. The number of anilines is 1. The SMILES string of the molecule is CNCc1ccc(-c2nnc(-c3nc(-c4ccc(S(=O)(=O)NCCCCCC(=O)NCCCC#Cc5cccc6c5CN(C5CCC(=O)NC5=O)C6=O)cc4)cnc3N)o2)cc1. The lowest BCUT2D eigenvalue weighted by atomic mass is 10.0. The van der Waals surface area contributed by atoms with Gasteiger partial charge in [-0.2, -0.15) is 0 Å². The van der Waals surface area contributed by atoms with Crippen molar-refractivity contribution in [3.05, 3.63) is 95.2 Å². The number of amides is 4. The Labute approximate surface area is 358 Å². The summed E-state index contributed by atoms with van der Waals surface area (Å²) in [5.74, 6) is 5.65. The van der Waals surface area contributed by atoms with Crippen LogP contribution in [0.1, 0.15) is 78.4 Å². The smallest absolute Gasteiger partial charge is 0.270 e. The number of piperidine rings is 1. The second-order valence-corrected chi connectivity index (χ2v) is 16.6. The van der Waals surface area contributed by atoms with E-state index in [1.807, 2.05) is 37.4 Å². The van der Waals surface area contributed by atoms with E-state index in [1.54, 1.807) is 24.3 Å². The zero-order valence-electron chi connectivity index (χ0n) is 34.1. The van der Waals surface area contributed by atoms with Gasteiger partial charge in [-0.3, -0.25) is 24.5 Å². The van der Waals surface area contributed by atoms with Gasteiger partial charge < -0.3 is 25.7 Å². The van der Waals surface area contributed by atoms with Crippen molar-refractivity contribution in [3.8, 4) is 46.1 Å². The molecule has 320 valence electrons. The number of nitrogens with two attached hydrogens (primary N) is 1. The third-order valence-corrected chi connectivity index (χ3v) is 11.9. The number of fused-ring (bicyclic) bond motifs is 1. The van der Waals surface area contributed by atoms with E-state index in [0.29, 0.717) is 79.8 Å². The highest BCUT2D eigenvalue weighted by Crippen LogP contribution is 2.31. The number of nitrogens with one attached hydrogen (secondary N) is 4. The zero-order valence-corrected chi connectivity index (χ0v) is 34.9. The maximum Gasteiger partial charge on any atom is 0.270 e. The number of aromatic nitrogens is 4. The number of nitrogens with zero attached hydrogens (tertiary/aromatic N) is 5. The molecule has 1 fully saturated rings. The minimum absolute atomic E-state index is 0.0857. The molecule has 17 nitrogen and oxygen atoms in total. The average molecular weight is 859 g/mol. The highest BCUT2D eigenvalue weighted by atomic mass is 32.2. The molecule has 1 unspecified atom stereocenters. The first-order chi connectivity index (χ1) is 30.0. The molecule has 3 aromatic carbocycles. The largest absolute Gasteiger partial charge is 0.414 e. The maximum absolute atomic E-state index is 13.0. The topological polar surface area (TPSA) is 244 Å². The molecular weight excluding hydrogens is 813 g/mol. The predicted octanol–water partition coefficient (Wildman–Crippen LogP) is 3.71. The summed E-state index contributed by atoms with van der Waals surface area (Å²) >= 11 is 0. The van der Waals surface area contributed by atoms with Crippen LogP contribution in [-0.4, -0.2) is 83.3 Å². The van der Waals surface area contributed by atoms with Crippen molar-refractivity contribution in [1.82, 2.24) is 45.7 Å². The van der Waals surface area contributed by atoms with Gasteiger partial charge in [0.2, 0.25) is 33.6 Å². The number of carbonyl (C=O) groups is 4. The first kappa shape index (κ1) is 43.3. The van der Waals surface area contributed by atoms with E-state index < -0.39 is 22.0 Å². The molecule has 0 aliphatic carbocycles. The van der Waals surface area contributed by atoms with E-state index in [4.69, 9.17) is 10.2 Å². The Kier molecular flexibility index (Phi) is 13.8. The van der Waals surface area contributed by atoms with Crippen LogP contribution >= 0.6 is 0 Å². The molecule has 2 aliphatic heterocycles. The van der Waals surface area contributed by atoms with Gasteiger partial charge in [0.1, 0.15) is 6.04 Å². The molecule has 0 spiro atoms. The monoisotopic (exact) mass is 858 g/mol. The summed E-state index contributed by atoms with van der Waals surface area (Å²) in [6.45, 7) is 1.66. The minimum atomic E-state index is -3.78. The molecule has 5 aromatic rings. The molecule has 0 radical (unpaired) electrons. The lowest BCUT2D eigenvalue weighted by molar-refractivity contribution is -0.137. The number of benzene rings is 3. The van der Waals surface area contributed by atoms with Crippen LogP contribution in [0, 0.1) is 11.8 Å². The summed E-state index contributed by atoms with van der Waals surface area (Å²) < 4.78 is 34.5. The molecule has 4 heterocycles. The molecule has 2 aromatic heterocycles. The van der Waals surface area contributed by atoms with Crippen molar-refractivity contribution >= 4 is 39.5 Å². The first-order valence-electron chi connectivity index (χ1n) is 20.3. The summed E-state index contributed by atoms with van der Waals surface area (Å²) in [5.41, 5.74) is 11.2. The Morgan fingerprint density at radius 3 is 2.50 bits per heavy atom. The van der Waals surface area contributed by atoms with E-state index in [-0.39, 0.29) is 59.5 Å². The van der Waals surface area contributed by atoms with Crippen LogP contribution in [0.5, 0.6) is 0 Å². The van der Waals surface area contributed by atoms with Crippen LogP contribution in [0.2, 0.25) is 0 Å². The second-order valence-electron chi connectivity index (χ2n) is 14.8. The van der Waals surface area contributed by atoms with Crippen LogP contribution in [0.25, 0.3) is 34.3 Å². The van der Waals surface area contributed by atoms with Crippen molar-refractivity contribution < 1.29 is 32.0 Å². The number of hydrogen-bond acceptors (Lipinski definition) is 13. The molecule has 62 heavy (non-hydrogen) atoms. The summed E-state index contributed by atoms with van der Waals surface area (Å²) in [6, 6.07) is 18.6. The number of carbonyl (C=O) groups excluding carboxylic acids is 4. The van der Waals surface area contributed by atoms with Gasteiger partial charge in [-0.05, 0) is 80.3 Å². The van der Waals surface area contributed by atoms with Gasteiger partial charge in [-0.25, -0.2) is 23.1 Å². The Bertz CT molecular complexity index is 2640. The van der Waals surface area contributed by atoms with Crippen molar-refractivity contribution in [2.75, 3.05) is 25.9 Å². The molecule has 2 aliphatic rings. The van der Waals surface area contributed by atoms with Crippen molar-refractivity contribution in [2.24, 2.45) is 0 Å². The zero-order chi connectivity index (χ0) is 43.6. The average Bonchev–Trinajstić information content (AvgIpc) is 3.89. The molecule has 1 atom stereocenters. The lowest BCUT2D eigenvalue weighted by Gasteiger charge is -2.29. The maximum atomic E-state index is 13.0. The van der Waals surface area contributed by atoms with Crippen LogP contribution in [0.3, 0.4) is 0 Å². The Morgan fingerprint density at radius 1 is 0.952 bits per heavy atom. The van der Waals surface area contributed by atoms with Gasteiger partial charge in [0, 0.05) is 67.7 Å². The minimum Gasteiger partial charge on any atom is -0.414 e. The van der Waals surface area contributed by atoms with E-state index >= 15 is 0 Å². The summed E-state index contributed by atoms with van der Waals surface area (Å²) in [7, 11) is -1.90. The number of rotatable bonds is 17. The van der Waals surface area contributed by atoms with Gasteiger partial charge in [-0.1, -0.05) is 48.6 Å². The van der Waals surface area contributed by atoms with Crippen molar-refractivity contribution in [1.29, 1.82) is 0 Å². The quantitative estimate of drug-likeness (QED) is 0.0510. The Morgan fingerprint density at radius 2 is 1.73 bits per heavy atom. The standard InChI is InChI=1S/C44H46N10O7S/c1-46-25-28-13-15-31(16-14-28)42-52-53-43(61-42)39-40(45)48-26-35(50-39)30-17-19-32(20-18-30)62(59,60)49-24-7-3-5-12-37(55)47-23-6-2-4-9-29-10-8-11-33-34(29)27-54(44(33)58)36-21-22-38(56)51-41(36)57/h8,10-11,13-20,26,36,46,49H,2-3,5-7,12,21-25,27H2,1H3,(H2,45,48)(H,47,55)(H,51,56,57). The number of sulfonamides is 1. The molecule has 18 heteroatoms. The highest BCUT2D eigenvalue weighted by molar-refractivity contribution is 7.89. The molecule has 7 rings (SSSR count). The number of imide groups is 1. The highest BCUT2D eigenvalue weighted by Gasteiger charge is 2.39. The number of nitrogen functional groups attached to an aromatic ring is 1. The van der Waals surface area contributed by atoms with Crippen LogP contribution in [0.4, 0.5) is 5.82 Å². The number of unbranched alkanes of at least 4 members (excludes halogenated alkanes) is 3. The fourth-order valence-electron chi connectivity index (χ4n) is 7.14. The Hall–Kier alpha value is -6.81. The van der Waals surface area contributed by atoms with E-state index in [0.717, 1.165) is 23.2 Å². The first-order valence-corrected chi connectivity index (χ1v) is 21.8. The van der Waals surface area contributed by atoms with Crippen LogP contribution in [-0.2, 0) is 37.5 Å². The van der Waals surface area contributed by atoms with Gasteiger partial charge in [-0.15, -0.1) is 10.2 Å². The van der Waals surface area contributed by atoms with Crippen molar-refractivity contribution in [2.45, 2.75) is 75.4 Å². The van der Waals surface area contributed by atoms with Gasteiger partial charge in [0.25, 0.3) is 11.8 Å². The summed E-state index contributed by atoms with van der Waals surface area (Å²) in [4.78, 5) is 59.8. The molecule has 4 amide bonds. The summed E-state index contributed by atoms with van der Waals surface area (Å²) in [5, 5.41) is 16.6. The molecule has 0 saturated carbocycles. The third kappa shape index (κ3) is 10.4. The van der Waals surface area contributed by atoms with Crippen LogP contribution < -0.4 is 26.4 Å². The van der Waals surface area contributed by atoms with Gasteiger partial charge >= 0.3 is 0 Å². The van der Waals surface area contributed by atoms with Gasteiger partial charge in [0.05, 0.1) is 16.8 Å². The number of hydrogen-bond donors (Lipinski definition) is 5. The normalized spacial score (nSPS) is 14.9. The third-order valence-electron chi connectivity index (χ3n) is 10.4. The molecular formula is C44H46N10O7S. The van der Waals surface area contributed by atoms with E-state index in [2.05, 4.69) is 52.7 Å². The summed E-state index contributed by atoms with van der Waals surface area (Å²) in [6.07, 6.45) is 5.29. The second kappa shape index (κ2) is 19.7. The van der Waals surface area contributed by atoms with Gasteiger partial charge in [0.15, 0.2) is 11.5 Å². The van der Waals surface area contributed by atoms with E-state index in [1.165, 1.54) is 23.2 Å². The molecule has 0 bridgehead atoms. The lowest BCUT2D eigenvalue weighted by Crippen LogP contribution is -2.52. The fourth-order valence-corrected chi connectivity index (χ4v) is 8.21. The van der Waals surface area contributed by atoms with Crippen LogP contribution in [0.15, 0.2) is 82.2 Å². The van der Waals surface area contributed by atoms with E-state index in [9.17, 15) is 27.6 Å². The Balaban J connectivity index is 0.801. The fraction of sp³-hybridized carbons (Fsp3) is 0.318. The molecule has 6 N–H and O–H groups in total.